The number of aromatic nitrogens is 1. The fourth-order valence-electron chi connectivity index (χ4n) is 3.33. The van der Waals surface area contributed by atoms with Gasteiger partial charge < -0.3 is 14.4 Å². The lowest BCUT2D eigenvalue weighted by Crippen LogP contribution is -2.48. The number of rotatable bonds is 3. The SMILES string of the molecule is CCN1CCN(C(=O)c2cc(C)n(C3CC3)c2C)CC1. The summed E-state index contributed by atoms with van der Waals surface area (Å²) in [5.74, 6) is 0.223. The summed E-state index contributed by atoms with van der Waals surface area (Å²) in [6.07, 6.45) is 2.53. The molecule has 1 amide bonds. The summed E-state index contributed by atoms with van der Waals surface area (Å²) in [6, 6.07) is 2.73. The third-order valence-electron chi connectivity index (χ3n) is 4.73. The molecule has 110 valence electrons. The molecular formula is C16H25N3O. The van der Waals surface area contributed by atoms with Crippen molar-refractivity contribution in [2.45, 2.75) is 39.7 Å². The number of carbonyl (C=O) groups excluding carboxylic acids is 1. The molecule has 1 aliphatic carbocycles. The summed E-state index contributed by atoms with van der Waals surface area (Å²) < 4.78 is 2.36. The van der Waals surface area contributed by atoms with E-state index in [0.29, 0.717) is 6.04 Å². The normalized spacial score (nSPS) is 20.4. The van der Waals surface area contributed by atoms with Gasteiger partial charge in [-0.2, -0.15) is 0 Å². The maximum absolute atomic E-state index is 12.7. The monoisotopic (exact) mass is 275 g/mol. The van der Waals surface area contributed by atoms with Crippen molar-refractivity contribution in [1.29, 1.82) is 0 Å². The van der Waals surface area contributed by atoms with Crippen LogP contribution in [0.4, 0.5) is 0 Å². The van der Waals surface area contributed by atoms with Crippen molar-refractivity contribution < 1.29 is 4.79 Å². The van der Waals surface area contributed by atoms with E-state index in [1.165, 1.54) is 18.5 Å². The van der Waals surface area contributed by atoms with Crippen molar-refractivity contribution in [2.75, 3.05) is 32.7 Å². The molecule has 0 unspecified atom stereocenters. The number of piperazine rings is 1. The molecule has 2 fully saturated rings. The van der Waals surface area contributed by atoms with Crippen LogP contribution < -0.4 is 0 Å². The molecular weight excluding hydrogens is 250 g/mol. The van der Waals surface area contributed by atoms with Crippen molar-refractivity contribution in [3.05, 3.63) is 23.0 Å². The van der Waals surface area contributed by atoms with Crippen LogP contribution in [0, 0.1) is 13.8 Å². The molecule has 20 heavy (non-hydrogen) atoms. The van der Waals surface area contributed by atoms with E-state index in [9.17, 15) is 4.79 Å². The number of aryl methyl sites for hydroxylation is 1. The third-order valence-corrected chi connectivity index (χ3v) is 4.73. The topological polar surface area (TPSA) is 28.5 Å². The first-order chi connectivity index (χ1) is 9.61. The highest BCUT2D eigenvalue weighted by atomic mass is 16.2. The van der Waals surface area contributed by atoms with Gasteiger partial charge in [0.1, 0.15) is 0 Å². The molecule has 2 aliphatic rings. The molecule has 4 heteroatoms. The number of carbonyl (C=O) groups is 1. The number of amides is 1. The molecule has 1 aromatic heterocycles. The summed E-state index contributed by atoms with van der Waals surface area (Å²) in [7, 11) is 0. The van der Waals surface area contributed by atoms with E-state index in [-0.39, 0.29) is 5.91 Å². The van der Waals surface area contributed by atoms with E-state index >= 15 is 0 Å². The van der Waals surface area contributed by atoms with E-state index < -0.39 is 0 Å². The van der Waals surface area contributed by atoms with Crippen molar-refractivity contribution in [1.82, 2.24) is 14.4 Å². The minimum absolute atomic E-state index is 0.223. The molecule has 1 saturated heterocycles. The highest BCUT2D eigenvalue weighted by Crippen LogP contribution is 2.38. The predicted molar refractivity (Wildman–Crippen MR) is 80.2 cm³/mol. The van der Waals surface area contributed by atoms with E-state index in [2.05, 4.69) is 36.3 Å². The Balaban J connectivity index is 1.76. The number of likely N-dealkylation sites (N-methyl/N-ethyl adjacent to an activating group) is 1. The quantitative estimate of drug-likeness (QED) is 0.846. The number of hydrogen-bond donors (Lipinski definition) is 0. The molecule has 0 spiro atoms. The van der Waals surface area contributed by atoms with Crippen LogP contribution in [-0.2, 0) is 0 Å². The fraction of sp³-hybridized carbons (Fsp3) is 0.688. The molecule has 1 aromatic rings. The minimum Gasteiger partial charge on any atom is -0.345 e. The molecule has 0 aromatic carbocycles. The Morgan fingerprint density at radius 3 is 2.40 bits per heavy atom. The first kappa shape index (κ1) is 13.7. The molecule has 0 atom stereocenters. The summed E-state index contributed by atoms with van der Waals surface area (Å²) in [5.41, 5.74) is 3.31. The zero-order valence-corrected chi connectivity index (χ0v) is 12.9. The Bertz CT molecular complexity index is 508. The van der Waals surface area contributed by atoms with Crippen LogP contribution in [0.3, 0.4) is 0 Å². The largest absolute Gasteiger partial charge is 0.345 e. The minimum atomic E-state index is 0.223. The Morgan fingerprint density at radius 1 is 1.20 bits per heavy atom. The molecule has 0 bridgehead atoms. The van der Waals surface area contributed by atoms with Gasteiger partial charge >= 0.3 is 0 Å². The van der Waals surface area contributed by atoms with E-state index in [1.54, 1.807) is 0 Å². The van der Waals surface area contributed by atoms with Crippen molar-refractivity contribution >= 4 is 5.91 Å². The zero-order chi connectivity index (χ0) is 14.3. The van der Waals surface area contributed by atoms with E-state index in [1.807, 2.05) is 4.90 Å². The standard InChI is InChI=1S/C16H25N3O/c1-4-17-7-9-18(10-8-17)16(20)15-11-12(2)19(13(15)3)14-5-6-14/h11,14H,4-10H2,1-3H3. The second kappa shape index (κ2) is 5.24. The predicted octanol–water partition coefficient (Wildman–Crippen LogP) is 2.22. The smallest absolute Gasteiger partial charge is 0.255 e. The second-order valence-electron chi connectivity index (χ2n) is 6.11. The maximum atomic E-state index is 12.7. The molecule has 0 N–H and O–H groups in total. The van der Waals surface area contributed by atoms with Gasteiger partial charge in [-0.25, -0.2) is 0 Å². The van der Waals surface area contributed by atoms with Crippen LogP contribution in [-0.4, -0.2) is 53.0 Å². The van der Waals surface area contributed by atoms with Gasteiger partial charge in [0.25, 0.3) is 5.91 Å². The zero-order valence-electron chi connectivity index (χ0n) is 12.9. The van der Waals surface area contributed by atoms with Crippen LogP contribution in [0.5, 0.6) is 0 Å². The Hall–Kier alpha value is -1.29. The van der Waals surface area contributed by atoms with Crippen molar-refractivity contribution in [3.8, 4) is 0 Å². The van der Waals surface area contributed by atoms with Gasteiger partial charge in [-0.05, 0) is 39.3 Å². The summed E-state index contributed by atoms with van der Waals surface area (Å²) in [4.78, 5) is 17.1. The van der Waals surface area contributed by atoms with Crippen molar-refractivity contribution in [3.63, 3.8) is 0 Å². The number of hydrogen-bond acceptors (Lipinski definition) is 2. The molecule has 0 radical (unpaired) electrons. The van der Waals surface area contributed by atoms with Gasteiger partial charge in [0.2, 0.25) is 0 Å². The van der Waals surface area contributed by atoms with Crippen LogP contribution in [0.15, 0.2) is 6.07 Å². The van der Waals surface area contributed by atoms with Gasteiger partial charge in [-0.15, -0.1) is 0 Å². The fourth-order valence-corrected chi connectivity index (χ4v) is 3.33. The van der Waals surface area contributed by atoms with Crippen LogP contribution in [0.2, 0.25) is 0 Å². The van der Waals surface area contributed by atoms with Crippen LogP contribution >= 0.6 is 0 Å². The average Bonchev–Trinajstić information content (AvgIpc) is 3.24. The molecule has 4 nitrogen and oxygen atoms in total. The van der Waals surface area contributed by atoms with Gasteiger partial charge in [-0.3, -0.25) is 4.79 Å². The molecule has 1 saturated carbocycles. The van der Waals surface area contributed by atoms with Gasteiger partial charge in [-0.1, -0.05) is 6.92 Å². The second-order valence-corrected chi connectivity index (χ2v) is 6.11. The Kier molecular flexibility index (Phi) is 3.59. The third kappa shape index (κ3) is 2.37. The lowest BCUT2D eigenvalue weighted by atomic mass is 10.2. The Morgan fingerprint density at radius 2 is 1.85 bits per heavy atom. The van der Waals surface area contributed by atoms with E-state index in [0.717, 1.165) is 44.0 Å². The first-order valence-electron chi connectivity index (χ1n) is 7.82. The molecule has 3 rings (SSSR count). The maximum Gasteiger partial charge on any atom is 0.255 e. The highest BCUT2D eigenvalue weighted by molar-refractivity contribution is 5.95. The Labute approximate surface area is 121 Å². The summed E-state index contributed by atoms with van der Waals surface area (Å²) in [5, 5.41) is 0. The van der Waals surface area contributed by atoms with Gasteiger partial charge in [0.15, 0.2) is 0 Å². The molecule has 2 heterocycles. The van der Waals surface area contributed by atoms with Crippen LogP contribution in [0.1, 0.15) is 47.6 Å². The van der Waals surface area contributed by atoms with Gasteiger partial charge in [0.05, 0.1) is 5.56 Å². The lowest BCUT2D eigenvalue weighted by Gasteiger charge is -2.34. The van der Waals surface area contributed by atoms with Crippen LogP contribution in [0.25, 0.3) is 0 Å². The summed E-state index contributed by atoms with van der Waals surface area (Å²) >= 11 is 0. The lowest BCUT2D eigenvalue weighted by molar-refractivity contribution is 0.0642. The van der Waals surface area contributed by atoms with E-state index in [4.69, 9.17) is 0 Å². The molecule has 1 aliphatic heterocycles. The summed E-state index contributed by atoms with van der Waals surface area (Å²) in [6.45, 7) is 11.2. The average molecular weight is 275 g/mol. The van der Waals surface area contributed by atoms with Crippen molar-refractivity contribution in [2.24, 2.45) is 0 Å². The highest BCUT2D eigenvalue weighted by Gasteiger charge is 2.30. The van der Waals surface area contributed by atoms with Gasteiger partial charge in [0, 0.05) is 43.6 Å². The number of nitrogens with zero attached hydrogens (tertiary/aromatic N) is 3. The first-order valence-corrected chi connectivity index (χ1v) is 7.82.